The van der Waals surface area contributed by atoms with E-state index in [1.165, 1.54) is 22.8 Å². The number of carbonyl (C=O) groups is 2. The number of phenolic OH excluding ortho intramolecular Hbond substituents is 1. The van der Waals surface area contributed by atoms with Gasteiger partial charge in [-0.15, -0.1) is 0 Å². The first-order valence-electron chi connectivity index (χ1n) is 9.03. The number of hydrogen-bond donors (Lipinski definition) is 2. The van der Waals surface area contributed by atoms with Crippen molar-refractivity contribution in [3.05, 3.63) is 63.8 Å². The molecule has 2 aromatic carbocycles. The molecule has 0 aliphatic heterocycles. The van der Waals surface area contributed by atoms with Crippen LogP contribution in [0.1, 0.15) is 35.0 Å². The second-order valence-corrected chi connectivity index (χ2v) is 7.09. The first-order valence-corrected chi connectivity index (χ1v) is 9.41. The van der Waals surface area contributed by atoms with E-state index in [1.54, 1.807) is 6.92 Å². The van der Waals surface area contributed by atoms with E-state index >= 15 is 0 Å². The van der Waals surface area contributed by atoms with Crippen LogP contribution in [0.2, 0.25) is 5.02 Å². The number of hydrogen-bond acceptors (Lipinski definition) is 3. The molecule has 0 saturated carbocycles. The van der Waals surface area contributed by atoms with Gasteiger partial charge in [0.25, 0.3) is 5.91 Å². The average Bonchev–Trinajstić information content (AvgIpc) is 2.93. The number of phenols is 1. The van der Waals surface area contributed by atoms with Crippen molar-refractivity contribution in [3.63, 3.8) is 0 Å². The van der Waals surface area contributed by atoms with E-state index in [0.29, 0.717) is 23.2 Å². The number of aromatic hydroxyl groups is 1. The molecule has 0 aliphatic rings. The Hall–Kier alpha value is -2.93. The summed E-state index contributed by atoms with van der Waals surface area (Å²) < 4.78 is 29.1. The van der Waals surface area contributed by atoms with Crippen molar-refractivity contribution in [1.29, 1.82) is 0 Å². The Labute approximate surface area is 170 Å². The van der Waals surface area contributed by atoms with Gasteiger partial charge in [-0.25, -0.2) is 8.78 Å². The first-order chi connectivity index (χ1) is 13.7. The van der Waals surface area contributed by atoms with Crippen molar-refractivity contribution >= 4 is 34.3 Å². The van der Waals surface area contributed by atoms with Gasteiger partial charge in [-0.05, 0) is 43.2 Å². The minimum Gasteiger partial charge on any atom is -0.505 e. The lowest BCUT2D eigenvalue weighted by atomic mass is 10.1. The summed E-state index contributed by atoms with van der Waals surface area (Å²) in [6.45, 7) is 4.03. The van der Waals surface area contributed by atoms with Gasteiger partial charge >= 0.3 is 0 Å². The maximum absolute atomic E-state index is 14.1. The molecule has 0 radical (unpaired) electrons. The van der Waals surface area contributed by atoms with Crippen LogP contribution in [-0.2, 0) is 11.2 Å². The third kappa shape index (κ3) is 3.96. The van der Waals surface area contributed by atoms with Gasteiger partial charge in [0.1, 0.15) is 5.82 Å². The summed E-state index contributed by atoms with van der Waals surface area (Å²) in [5.74, 6) is -3.12. The average molecular weight is 421 g/mol. The molecule has 0 fully saturated rings. The van der Waals surface area contributed by atoms with Crippen LogP contribution in [-0.4, -0.2) is 28.0 Å². The Morgan fingerprint density at radius 2 is 1.90 bits per heavy atom. The van der Waals surface area contributed by atoms with Crippen LogP contribution >= 0.6 is 11.6 Å². The number of nitrogens with zero attached hydrogens (tertiary/aromatic N) is 1. The van der Waals surface area contributed by atoms with Crippen molar-refractivity contribution < 1.29 is 23.5 Å². The fourth-order valence-electron chi connectivity index (χ4n) is 3.22. The summed E-state index contributed by atoms with van der Waals surface area (Å²) >= 11 is 5.68. The fourth-order valence-corrected chi connectivity index (χ4v) is 3.34. The fraction of sp³-hybridized carbons (Fsp3) is 0.238. The summed E-state index contributed by atoms with van der Waals surface area (Å²) in [5, 5.41) is 12.8. The van der Waals surface area contributed by atoms with E-state index in [4.69, 9.17) is 11.6 Å². The summed E-state index contributed by atoms with van der Waals surface area (Å²) in [5.41, 5.74) is 1.07. The topological polar surface area (TPSA) is 71.3 Å². The maximum Gasteiger partial charge on any atom is 0.262 e. The van der Waals surface area contributed by atoms with E-state index in [0.717, 1.165) is 18.6 Å². The van der Waals surface area contributed by atoms with Crippen LogP contribution in [0.3, 0.4) is 0 Å². The van der Waals surface area contributed by atoms with Gasteiger partial charge in [0.15, 0.2) is 11.6 Å². The molecule has 1 heterocycles. The second kappa shape index (κ2) is 8.21. The van der Waals surface area contributed by atoms with E-state index in [1.807, 2.05) is 6.92 Å². The van der Waals surface area contributed by atoms with Crippen LogP contribution in [0.15, 0.2) is 30.3 Å². The van der Waals surface area contributed by atoms with Crippen LogP contribution < -0.4 is 5.32 Å². The van der Waals surface area contributed by atoms with Crippen molar-refractivity contribution in [3.8, 4) is 5.75 Å². The predicted octanol–water partition coefficient (Wildman–Crippen LogP) is 4.34. The van der Waals surface area contributed by atoms with Gasteiger partial charge in [0.05, 0.1) is 17.0 Å². The molecule has 152 valence electrons. The lowest BCUT2D eigenvalue weighted by molar-refractivity contribution is -0.120. The zero-order chi connectivity index (χ0) is 21.3. The number of nitrogens with one attached hydrogen (secondary N) is 1. The molecule has 0 unspecified atom stereocenters. The van der Waals surface area contributed by atoms with Crippen molar-refractivity contribution in [1.82, 2.24) is 9.88 Å². The van der Waals surface area contributed by atoms with Gasteiger partial charge < -0.3 is 10.4 Å². The summed E-state index contributed by atoms with van der Waals surface area (Å²) in [7, 11) is 0. The number of benzene rings is 2. The Kier molecular flexibility index (Phi) is 5.88. The SMILES string of the molecule is CCCNC(=O)Cc1c(C)n(C(=O)c2ccc(Cl)c(F)c2)c2cc(F)c(O)cc12. The molecule has 3 rings (SSSR count). The molecule has 0 saturated heterocycles. The smallest absolute Gasteiger partial charge is 0.262 e. The molecular weight excluding hydrogens is 402 g/mol. The third-order valence-corrected chi connectivity index (χ3v) is 4.99. The highest BCUT2D eigenvalue weighted by molar-refractivity contribution is 6.30. The van der Waals surface area contributed by atoms with Crippen LogP contribution in [0, 0.1) is 18.6 Å². The molecule has 0 spiro atoms. The minimum absolute atomic E-state index is 0.0161. The first kappa shape index (κ1) is 20.8. The Morgan fingerprint density at radius 3 is 2.55 bits per heavy atom. The largest absolute Gasteiger partial charge is 0.505 e. The lowest BCUT2D eigenvalue weighted by Crippen LogP contribution is -2.26. The van der Waals surface area contributed by atoms with Crippen LogP contribution in [0.4, 0.5) is 8.78 Å². The van der Waals surface area contributed by atoms with Gasteiger partial charge in [0, 0.05) is 29.3 Å². The standard InChI is InChI=1S/C21H19ClF2N2O3/c1-3-6-25-20(28)9-13-11(2)26(18-10-17(24)19(27)8-14(13)18)21(29)12-4-5-15(22)16(23)7-12/h4-5,7-8,10,27H,3,6,9H2,1-2H3,(H,25,28). The normalized spacial score (nSPS) is 11.1. The zero-order valence-electron chi connectivity index (χ0n) is 15.9. The number of carbonyl (C=O) groups excluding carboxylic acids is 2. The van der Waals surface area contributed by atoms with Crippen molar-refractivity contribution in [2.75, 3.05) is 6.54 Å². The third-order valence-electron chi connectivity index (χ3n) is 4.68. The van der Waals surface area contributed by atoms with Gasteiger partial charge in [-0.2, -0.15) is 0 Å². The quantitative estimate of drug-likeness (QED) is 0.644. The number of fused-ring (bicyclic) bond motifs is 1. The van der Waals surface area contributed by atoms with Crippen LogP contribution in [0.5, 0.6) is 5.75 Å². The molecule has 3 aromatic rings. The molecule has 2 N–H and O–H groups in total. The summed E-state index contributed by atoms with van der Waals surface area (Å²) in [6, 6.07) is 5.84. The number of halogens is 3. The van der Waals surface area contributed by atoms with E-state index in [-0.39, 0.29) is 28.4 Å². The second-order valence-electron chi connectivity index (χ2n) is 6.68. The minimum atomic E-state index is -0.909. The summed E-state index contributed by atoms with van der Waals surface area (Å²) in [6.07, 6.45) is 0.710. The molecule has 0 aliphatic carbocycles. The molecular formula is C21H19ClF2N2O3. The van der Waals surface area contributed by atoms with Gasteiger partial charge in [-0.3, -0.25) is 14.2 Å². The highest BCUT2D eigenvalue weighted by Gasteiger charge is 2.23. The van der Waals surface area contributed by atoms with Gasteiger partial charge in [-0.1, -0.05) is 18.5 Å². The van der Waals surface area contributed by atoms with Gasteiger partial charge in [0.2, 0.25) is 5.91 Å². The number of amides is 1. The van der Waals surface area contributed by atoms with E-state index < -0.39 is 23.3 Å². The molecule has 29 heavy (non-hydrogen) atoms. The summed E-state index contributed by atoms with van der Waals surface area (Å²) in [4.78, 5) is 25.3. The predicted molar refractivity (Wildman–Crippen MR) is 106 cm³/mol. The van der Waals surface area contributed by atoms with Crippen molar-refractivity contribution in [2.45, 2.75) is 26.7 Å². The molecule has 1 amide bonds. The molecule has 0 bridgehead atoms. The zero-order valence-corrected chi connectivity index (χ0v) is 16.6. The highest BCUT2D eigenvalue weighted by Crippen LogP contribution is 2.32. The molecule has 1 aromatic heterocycles. The Morgan fingerprint density at radius 1 is 1.17 bits per heavy atom. The monoisotopic (exact) mass is 420 g/mol. The van der Waals surface area contributed by atoms with E-state index in [2.05, 4.69) is 5.32 Å². The molecule has 8 heteroatoms. The maximum atomic E-state index is 14.1. The molecule has 5 nitrogen and oxygen atoms in total. The highest BCUT2D eigenvalue weighted by atomic mass is 35.5. The molecule has 0 atom stereocenters. The lowest BCUT2D eigenvalue weighted by Gasteiger charge is -2.09. The Balaban J connectivity index is 2.17. The Bertz CT molecular complexity index is 1130. The van der Waals surface area contributed by atoms with E-state index in [9.17, 15) is 23.5 Å². The number of rotatable bonds is 5. The number of aromatic nitrogens is 1. The van der Waals surface area contributed by atoms with Crippen LogP contribution in [0.25, 0.3) is 10.9 Å². The van der Waals surface area contributed by atoms with Crippen molar-refractivity contribution in [2.24, 2.45) is 0 Å².